The van der Waals surface area contributed by atoms with Crippen LogP contribution in [0.2, 0.25) is 0 Å². The van der Waals surface area contributed by atoms with Gasteiger partial charge in [-0.25, -0.2) is 9.97 Å². The summed E-state index contributed by atoms with van der Waals surface area (Å²) in [5.74, 6) is 0.662. The molecule has 0 fully saturated rings. The van der Waals surface area contributed by atoms with Gasteiger partial charge in [0.05, 0.1) is 9.99 Å². The maximum absolute atomic E-state index is 11.3. The molecule has 0 aliphatic carbocycles. The van der Waals surface area contributed by atoms with Crippen molar-refractivity contribution >= 4 is 33.9 Å². The summed E-state index contributed by atoms with van der Waals surface area (Å²) in [6, 6.07) is 0. The van der Waals surface area contributed by atoms with Crippen molar-refractivity contribution in [2.75, 3.05) is 0 Å². The second-order valence-corrected chi connectivity index (χ2v) is 5.17. The molecule has 0 spiro atoms. The van der Waals surface area contributed by atoms with Crippen molar-refractivity contribution in [3.05, 3.63) is 42.0 Å². The number of nitrogens with zero attached hydrogens (tertiary/aromatic N) is 2. The number of aromatic amines is 1. The van der Waals surface area contributed by atoms with Gasteiger partial charge in [-0.1, -0.05) is 0 Å². The van der Waals surface area contributed by atoms with E-state index in [1.165, 1.54) is 0 Å². The Kier molecular flexibility index (Phi) is 3.15. The molecule has 0 aromatic carbocycles. The molecular formula is C9H8IN3OS. The van der Waals surface area contributed by atoms with Crippen LogP contribution < -0.4 is 5.56 Å². The summed E-state index contributed by atoms with van der Waals surface area (Å²) in [4.78, 5) is 22.5. The fourth-order valence-corrected chi connectivity index (χ4v) is 2.18. The van der Waals surface area contributed by atoms with E-state index in [1.54, 1.807) is 17.5 Å². The molecule has 0 bridgehead atoms. The van der Waals surface area contributed by atoms with Gasteiger partial charge in [-0.15, -0.1) is 11.3 Å². The third kappa shape index (κ3) is 2.63. The quantitative estimate of drug-likeness (QED) is 0.852. The minimum atomic E-state index is -0.0890. The lowest BCUT2D eigenvalue weighted by molar-refractivity contribution is 0.925. The van der Waals surface area contributed by atoms with Crippen molar-refractivity contribution in [3.8, 4) is 0 Å². The van der Waals surface area contributed by atoms with Gasteiger partial charge in [0.1, 0.15) is 10.8 Å². The Morgan fingerprint density at radius 1 is 1.60 bits per heavy atom. The zero-order valence-electron chi connectivity index (χ0n) is 7.95. The first kappa shape index (κ1) is 10.7. The van der Waals surface area contributed by atoms with Gasteiger partial charge in [0, 0.05) is 17.3 Å². The zero-order chi connectivity index (χ0) is 10.8. The van der Waals surface area contributed by atoms with Crippen LogP contribution in [0.25, 0.3) is 0 Å². The minimum Gasteiger partial charge on any atom is -0.309 e. The van der Waals surface area contributed by atoms with E-state index < -0.39 is 0 Å². The van der Waals surface area contributed by atoms with Crippen molar-refractivity contribution in [2.24, 2.45) is 0 Å². The second-order valence-electron chi connectivity index (χ2n) is 3.07. The second kappa shape index (κ2) is 4.40. The van der Waals surface area contributed by atoms with Gasteiger partial charge in [0.15, 0.2) is 0 Å². The van der Waals surface area contributed by atoms with E-state index in [9.17, 15) is 4.79 Å². The summed E-state index contributed by atoms with van der Waals surface area (Å²) in [5, 5.41) is 2.96. The summed E-state index contributed by atoms with van der Waals surface area (Å²) >= 11 is 3.54. The van der Waals surface area contributed by atoms with E-state index in [4.69, 9.17) is 0 Å². The van der Waals surface area contributed by atoms with Crippen LogP contribution in [-0.4, -0.2) is 15.0 Å². The average Bonchev–Trinajstić information content (AvgIpc) is 2.58. The van der Waals surface area contributed by atoms with Gasteiger partial charge in [-0.3, -0.25) is 4.79 Å². The van der Waals surface area contributed by atoms with Crippen LogP contribution in [0.3, 0.4) is 0 Å². The van der Waals surface area contributed by atoms with Crippen molar-refractivity contribution in [3.63, 3.8) is 0 Å². The molecule has 2 aromatic heterocycles. The Hall–Kier alpha value is -0.760. The molecule has 15 heavy (non-hydrogen) atoms. The first-order valence-corrected chi connectivity index (χ1v) is 6.25. The molecule has 0 saturated heterocycles. The van der Waals surface area contributed by atoms with Gasteiger partial charge < -0.3 is 4.98 Å². The fourth-order valence-electron chi connectivity index (χ4n) is 1.13. The molecule has 0 aliphatic rings. The molecule has 0 unspecified atom stereocenters. The van der Waals surface area contributed by atoms with Gasteiger partial charge in [0.2, 0.25) is 0 Å². The Morgan fingerprint density at radius 3 is 3.00 bits per heavy atom. The van der Waals surface area contributed by atoms with Gasteiger partial charge in [-0.2, -0.15) is 0 Å². The first-order chi connectivity index (χ1) is 7.15. The zero-order valence-corrected chi connectivity index (χ0v) is 10.9. The Bertz CT molecular complexity index is 534. The van der Waals surface area contributed by atoms with E-state index in [-0.39, 0.29) is 5.56 Å². The maximum atomic E-state index is 11.3. The number of thiazole rings is 1. The molecule has 0 saturated carbocycles. The molecular weight excluding hydrogens is 325 g/mol. The molecule has 1 N–H and O–H groups in total. The fraction of sp³-hybridized carbons (Fsp3) is 0.222. The smallest absolute Gasteiger partial charge is 0.264 e. The third-order valence-electron chi connectivity index (χ3n) is 1.79. The summed E-state index contributed by atoms with van der Waals surface area (Å²) in [5.41, 5.74) is 0.914. The summed E-state index contributed by atoms with van der Waals surface area (Å²) < 4.78 is 0.603. The van der Waals surface area contributed by atoms with Gasteiger partial charge in [-0.05, 0) is 29.5 Å². The normalized spacial score (nSPS) is 10.5. The monoisotopic (exact) mass is 333 g/mol. The highest BCUT2D eigenvalue weighted by molar-refractivity contribution is 14.1. The number of halogens is 1. The highest BCUT2D eigenvalue weighted by Crippen LogP contribution is 2.11. The summed E-state index contributed by atoms with van der Waals surface area (Å²) in [6.07, 6.45) is 2.17. The van der Waals surface area contributed by atoms with Crippen LogP contribution in [0, 0.1) is 10.5 Å². The highest BCUT2D eigenvalue weighted by Gasteiger charge is 2.04. The molecule has 0 atom stereocenters. The van der Waals surface area contributed by atoms with E-state index in [1.807, 2.05) is 34.9 Å². The molecule has 6 heteroatoms. The number of aryl methyl sites for hydroxylation is 1. The van der Waals surface area contributed by atoms with Crippen LogP contribution in [0.5, 0.6) is 0 Å². The molecule has 0 amide bonds. The van der Waals surface area contributed by atoms with E-state index in [2.05, 4.69) is 15.0 Å². The minimum absolute atomic E-state index is 0.0890. The number of aromatic nitrogens is 3. The maximum Gasteiger partial charge on any atom is 0.264 e. The largest absolute Gasteiger partial charge is 0.309 e. The van der Waals surface area contributed by atoms with Crippen molar-refractivity contribution in [1.82, 2.24) is 15.0 Å². The van der Waals surface area contributed by atoms with E-state index in [0.717, 1.165) is 10.7 Å². The molecule has 4 nitrogen and oxygen atoms in total. The van der Waals surface area contributed by atoms with E-state index >= 15 is 0 Å². The predicted octanol–water partition coefficient (Wildman–Crippen LogP) is 1.73. The lowest BCUT2D eigenvalue weighted by atomic mass is 10.4. The lowest BCUT2D eigenvalue weighted by Crippen LogP contribution is -2.13. The number of H-pyrrole nitrogens is 1. The molecule has 0 aliphatic heterocycles. The molecule has 2 rings (SSSR count). The summed E-state index contributed by atoms with van der Waals surface area (Å²) in [7, 11) is 0. The standard InChI is InChI=1S/C9H8IN3OS/c1-5-4-15-8(12-5)2-7-11-3-6(10)9(14)13-7/h3-4H,2H2,1H3,(H,11,13,14). The molecule has 2 aromatic rings. The molecule has 2 heterocycles. The van der Waals surface area contributed by atoms with Crippen molar-refractivity contribution in [2.45, 2.75) is 13.3 Å². The first-order valence-electron chi connectivity index (χ1n) is 4.30. The SMILES string of the molecule is Cc1csc(Cc2ncc(I)c(=O)[nH]2)n1. The number of hydrogen-bond donors (Lipinski definition) is 1. The summed E-state index contributed by atoms with van der Waals surface area (Å²) in [6.45, 7) is 1.95. The number of rotatable bonds is 2. The molecule has 0 radical (unpaired) electrons. The predicted molar refractivity (Wildman–Crippen MR) is 67.2 cm³/mol. The Balaban J connectivity index is 2.25. The number of hydrogen-bond acceptors (Lipinski definition) is 4. The average molecular weight is 333 g/mol. The topological polar surface area (TPSA) is 58.6 Å². The number of nitrogens with one attached hydrogen (secondary N) is 1. The van der Waals surface area contributed by atoms with E-state index in [0.29, 0.717) is 15.8 Å². The molecule has 78 valence electrons. The van der Waals surface area contributed by atoms with Gasteiger partial charge >= 0.3 is 0 Å². The lowest BCUT2D eigenvalue weighted by Gasteiger charge is -1.96. The van der Waals surface area contributed by atoms with Crippen molar-refractivity contribution < 1.29 is 0 Å². The van der Waals surface area contributed by atoms with Crippen LogP contribution in [0.4, 0.5) is 0 Å². The Morgan fingerprint density at radius 2 is 2.40 bits per heavy atom. The van der Waals surface area contributed by atoms with Crippen LogP contribution >= 0.6 is 33.9 Å². The van der Waals surface area contributed by atoms with Crippen LogP contribution in [0.1, 0.15) is 16.5 Å². The van der Waals surface area contributed by atoms with Crippen molar-refractivity contribution in [1.29, 1.82) is 0 Å². The highest BCUT2D eigenvalue weighted by atomic mass is 127. The van der Waals surface area contributed by atoms with Crippen LogP contribution in [0.15, 0.2) is 16.4 Å². The van der Waals surface area contributed by atoms with Gasteiger partial charge in [0.25, 0.3) is 5.56 Å². The van der Waals surface area contributed by atoms with Crippen LogP contribution in [-0.2, 0) is 6.42 Å². The third-order valence-corrected chi connectivity index (χ3v) is 3.53. The Labute approximate surface area is 104 Å².